The lowest BCUT2D eigenvalue weighted by Crippen LogP contribution is -2.29. The predicted octanol–water partition coefficient (Wildman–Crippen LogP) is 7.90. The highest BCUT2D eigenvalue weighted by atomic mass is 16.5. The van der Waals surface area contributed by atoms with E-state index in [2.05, 4.69) is 146 Å². The first-order valence-electron chi connectivity index (χ1n) is 18.4. The number of likely N-dealkylation sites (N-methyl/N-ethyl adjacent to an activating group) is 1. The Hall–Kier alpha value is -3.63. The van der Waals surface area contributed by atoms with E-state index < -0.39 is 5.60 Å². The van der Waals surface area contributed by atoms with Crippen LogP contribution in [-0.4, -0.2) is 77.5 Å². The molecule has 292 valence electrons. The molecule has 0 saturated carbocycles. The molecule has 5 rings (SSSR count). The van der Waals surface area contributed by atoms with E-state index in [1.165, 1.54) is 16.7 Å². The van der Waals surface area contributed by atoms with E-state index in [1.807, 2.05) is 24.8 Å². The topological polar surface area (TPSA) is 95.3 Å². The Labute approximate surface area is 315 Å². The van der Waals surface area contributed by atoms with Crippen molar-refractivity contribution >= 4 is 5.91 Å². The van der Waals surface area contributed by atoms with Gasteiger partial charge in [-0.15, -0.1) is 0 Å². The predicted molar refractivity (Wildman–Crippen MR) is 214 cm³/mol. The molecule has 1 amide bonds. The standard InChI is InChI=1S/C11H19N3O.C11H20N2O.C11H17NO.C9H15N/c1-11(2,3)9-6-12-14(7-9)8-10(15)13(4)5;1-10(2,3)9-6-12-13(7-9)8-11(4,5)14;1-11(2,3)9-4-5-12(6-9)10-7-13-8-10;1-9(2,3)8-5-6-10(4)7-8/h6-7H,8H2,1-5H3;6-7,14H,8H2,1-5H3;4-6,10H,7-8H2,1-3H3;5-7H,1-4H3. The zero-order chi connectivity index (χ0) is 39.9. The van der Waals surface area contributed by atoms with Gasteiger partial charge in [0.25, 0.3) is 0 Å². The number of carbonyl (C=O) groups excluding carboxylic acids is 1. The molecule has 1 aliphatic rings. The van der Waals surface area contributed by atoms with Crippen molar-refractivity contribution in [3.63, 3.8) is 0 Å². The number of hydrogen-bond acceptors (Lipinski definition) is 5. The Kier molecular flexibility index (Phi) is 15.0. The number of carbonyl (C=O) groups is 1. The van der Waals surface area contributed by atoms with Crippen LogP contribution in [0.4, 0.5) is 0 Å². The lowest BCUT2D eigenvalue weighted by molar-refractivity contribution is -0.129. The number of rotatable bonds is 5. The first-order chi connectivity index (χ1) is 23.6. The second-order valence-corrected chi connectivity index (χ2v) is 19.1. The van der Waals surface area contributed by atoms with Crippen molar-refractivity contribution in [2.24, 2.45) is 7.05 Å². The number of aryl methyl sites for hydroxylation is 1. The van der Waals surface area contributed by atoms with Crippen molar-refractivity contribution in [3.05, 3.63) is 84.0 Å². The van der Waals surface area contributed by atoms with E-state index in [0.29, 0.717) is 24.5 Å². The molecule has 52 heavy (non-hydrogen) atoms. The summed E-state index contributed by atoms with van der Waals surface area (Å²) in [5.41, 5.74) is 5.19. The lowest BCUT2D eigenvalue weighted by Gasteiger charge is -2.27. The van der Waals surface area contributed by atoms with Crippen molar-refractivity contribution in [2.45, 2.75) is 143 Å². The fourth-order valence-electron chi connectivity index (χ4n) is 4.78. The highest BCUT2D eigenvalue weighted by Gasteiger charge is 2.23. The van der Waals surface area contributed by atoms with E-state index in [-0.39, 0.29) is 22.2 Å². The summed E-state index contributed by atoms with van der Waals surface area (Å²) in [6, 6.07) is 4.95. The summed E-state index contributed by atoms with van der Waals surface area (Å²) in [5.74, 6) is 0.0542. The Morgan fingerprint density at radius 3 is 1.48 bits per heavy atom. The Morgan fingerprint density at radius 1 is 0.712 bits per heavy atom. The first-order valence-corrected chi connectivity index (χ1v) is 18.4. The summed E-state index contributed by atoms with van der Waals surface area (Å²) < 4.78 is 13.0. The van der Waals surface area contributed by atoms with Gasteiger partial charge in [-0.25, -0.2) is 0 Å². The Balaban J connectivity index is 0.000000242. The molecule has 1 N–H and O–H groups in total. The smallest absolute Gasteiger partial charge is 0.243 e. The molecule has 0 aliphatic carbocycles. The molecule has 10 nitrogen and oxygen atoms in total. The van der Waals surface area contributed by atoms with E-state index in [1.54, 1.807) is 42.2 Å². The van der Waals surface area contributed by atoms with Crippen LogP contribution in [0, 0.1) is 0 Å². The van der Waals surface area contributed by atoms with Crippen molar-refractivity contribution in [1.82, 2.24) is 33.6 Å². The molecule has 1 saturated heterocycles. The maximum atomic E-state index is 11.4. The third-order valence-electron chi connectivity index (χ3n) is 8.66. The number of nitrogens with zero attached hydrogens (tertiary/aromatic N) is 7. The van der Waals surface area contributed by atoms with E-state index >= 15 is 0 Å². The number of aliphatic hydroxyl groups is 1. The molecule has 4 aromatic heterocycles. The fourth-order valence-corrected chi connectivity index (χ4v) is 4.78. The van der Waals surface area contributed by atoms with Gasteiger partial charge in [-0.2, -0.15) is 10.2 Å². The van der Waals surface area contributed by atoms with Crippen molar-refractivity contribution in [2.75, 3.05) is 27.3 Å². The Morgan fingerprint density at radius 2 is 1.15 bits per heavy atom. The van der Waals surface area contributed by atoms with Crippen LogP contribution in [0.3, 0.4) is 0 Å². The van der Waals surface area contributed by atoms with Gasteiger partial charge < -0.3 is 23.9 Å². The molecule has 4 aromatic rings. The zero-order valence-electron chi connectivity index (χ0n) is 35.6. The number of hydrogen-bond donors (Lipinski definition) is 1. The lowest BCUT2D eigenvalue weighted by atomic mass is 9.89. The monoisotopic (exact) mass is 722 g/mol. The van der Waals surface area contributed by atoms with Gasteiger partial charge in [0.05, 0.1) is 43.8 Å². The average Bonchev–Trinajstić information content (AvgIpc) is 3.74. The summed E-state index contributed by atoms with van der Waals surface area (Å²) in [6.45, 7) is 32.4. The molecule has 1 fully saturated rings. The maximum absolute atomic E-state index is 11.4. The van der Waals surface area contributed by atoms with Gasteiger partial charge in [-0.1, -0.05) is 83.1 Å². The van der Waals surface area contributed by atoms with Gasteiger partial charge in [0.1, 0.15) is 6.54 Å². The summed E-state index contributed by atoms with van der Waals surface area (Å²) in [6.07, 6.45) is 16.3. The molecule has 10 heteroatoms. The molecule has 0 bridgehead atoms. The second-order valence-electron chi connectivity index (χ2n) is 19.1. The molecule has 5 heterocycles. The van der Waals surface area contributed by atoms with Crippen LogP contribution in [0.5, 0.6) is 0 Å². The molecule has 0 aromatic carbocycles. The van der Waals surface area contributed by atoms with Gasteiger partial charge in [0, 0.05) is 58.3 Å². The summed E-state index contributed by atoms with van der Waals surface area (Å²) >= 11 is 0. The van der Waals surface area contributed by atoms with Crippen LogP contribution in [0.1, 0.15) is 125 Å². The quantitative estimate of drug-likeness (QED) is 0.226. The summed E-state index contributed by atoms with van der Waals surface area (Å²) in [7, 11) is 5.54. The van der Waals surface area contributed by atoms with E-state index in [9.17, 15) is 9.90 Å². The largest absolute Gasteiger partial charge is 0.389 e. The third kappa shape index (κ3) is 15.2. The minimum atomic E-state index is -0.707. The molecule has 0 spiro atoms. The van der Waals surface area contributed by atoms with Crippen LogP contribution >= 0.6 is 0 Å². The number of ether oxygens (including phenoxy) is 1. The minimum Gasteiger partial charge on any atom is -0.389 e. The highest BCUT2D eigenvalue weighted by Crippen LogP contribution is 2.26. The van der Waals surface area contributed by atoms with Gasteiger partial charge in [0.2, 0.25) is 5.91 Å². The molecule has 0 radical (unpaired) electrons. The summed E-state index contributed by atoms with van der Waals surface area (Å²) in [4.78, 5) is 13.0. The SMILES string of the molecule is CC(C)(C)c1ccn(C2COC2)c1.CC(C)(O)Cn1cc(C(C)(C)C)cn1.CN(C)C(=O)Cn1cc(C(C)(C)C)cn1.Cn1ccc(C(C)(C)C)c1. The van der Waals surface area contributed by atoms with Crippen LogP contribution in [0.15, 0.2) is 61.7 Å². The van der Waals surface area contributed by atoms with Crippen molar-refractivity contribution < 1.29 is 14.6 Å². The fraction of sp³-hybridized carbons (Fsp3) is 0.643. The van der Waals surface area contributed by atoms with Crippen LogP contribution in [0.25, 0.3) is 0 Å². The third-order valence-corrected chi connectivity index (χ3v) is 8.66. The zero-order valence-corrected chi connectivity index (χ0v) is 35.6. The summed E-state index contributed by atoms with van der Waals surface area (Å²) in [5, 5.41) is 18.0. The van der Waals surface area contributed by atoms with Crippen molar-refractivity contribution in [3.8, 4) is 0 Å². The van der Waals surface area contributed by atoms with Crippen LogP contribution in [0.2, 0.25) is 0 Å². The normalized spacial score (nSPS) is 13.9. The van der Waals surface area contributed by atoms with Crippen LogP contribution in [-0.2, 0) is 51.3 Å². The minimum absolute atomic E-state index is 0.0542. The highest BCUT2D eigenvalue weighted by molar-refractivity contribution is 5.75. The van der Waals surface area contributed by atoms with Gasteiger partial charge in [0.15, 0.2) is 0 Å². The first kappa shape index (κ1) is 44.5. The molecule has 0 unspecified atom stereocenters. The number of amides is 1. The molecule has 0 atom stereocenters. The van der Waals surface area contributed by atoms with Gasteiger partial charge in [-0.3, -0.25) is 14.2 Å². The molecular formula is C42H71N7O3. The van der Waals surface area contributed by atoms with Crippen LogP contribution < -0.4 is 0 Å². The van der Waals surface area contributed by atoms with Gasteiger partial charge in [-0.05, 0) is 69.9 Å². The van der Waals surface area contributed by atoms with E-state index in [0.717, 1.165) is 18.8 Å². The van der Waals surface area contributed by atoms with Crippen molar-refractivity contribution in [1.29, 1.82) is 0 Å². The Bertz CT molecular complexity index is 1650. The van der Waals surface area contributed by atoms with Gasteiger partial charge >= 0.3 is 0 Å². The average molecular weight is 722 g/mol. The van der Waals surface area contributed by atoms with E-state index in [4.69, 9.17) is 4.74 Å². The molecule has 1 aliphatic heterocycles. The molecular weight excluding hydrogens is 651 g/mol. The number of aromatic nitrogens is 6. The second kappa shape index (κ2) is 17.5. The maximum Gasteiger partial charge on any atom is 0.243 e.